The number of nitrogens with two attached hydrogens (primary N) is 1. The minimum atomic E-state index is -1.20. The average molecular weight is 229 g/mol. The molecule has 1 aromatic rings. The summed E-state index contributed by atoms with van der Waals surface area (Å²) in [4.78, 5) is 0. The van der Waals surface area contributed by atoms with Crippen molar-refractivity contribution in [3.63, 3.8) is 0 Å². The fourth-order valence-electron chi connectivity index (χ4n) is 1.52. The zero-order valence-corrected chi connectivity index (χ0v) is 9.50. The van der Waals surface area contributed by atoms with Gasteiger partial charge in [-0.3, -0.25) is 0 Å². The molecule has 0 saturated carbocycles. The van der Waals surface area contributed by atoms with Crippen LogP contribution in [0.5, 0.6) is 0 Å². The van der Waals surface area contributed by atoms with Gasteiger partial charge in [0.25, 0.3) is 0 Å². The number of hydrogen-bond acceptors (Lipinski definition) is 2. The Hall–Kier alpha value is -1.00. The number of benzene rings is 1. The molecule has 0 aliphatic heterocycles. The lowest BCUT2D eigenvalue weighted by atomic mass is 9.84. The molecule has 1 aromatic carbocycles. The average Bonchev–Trinajstić information content (AvgIpc) is 2.23. The van der Waals surface area contributed by atoms with Crippen molar-refractivity contribution in [1.82, 2.24) is 0 Å². The second-order valence-corrected chi connectivity index (χ2v) is 4.37. The highest BCUT2D eigenvalue weighted by Crippen LogP contribution is 2.23. The van der Waals surface area contributed by atoms with Crippen LogP contribution in [0.3, 0.4) is 0 Å². The van der Waals surface area contributed by atoms with Crippen LogP contribution in [-0.4, -0.2) is 17.3 Å². The molecule has 0 amide bonds. The van der Waals surface area contributed by atoms with Gasteiger partial charge in [-0.05, 0) is 29.7 Å². The maximum atomic E-state index is 13.4. The van der Waals surface area contributed by atoms with Gasteiger partial charge in [-0.25, -0.2) is 8.78 Å². The van der Waals surface area contributed by atoms with Crippen molar-refractivity contribution < 1.29 is 13.9 Å². The predicted octanol–water partition coefficient (Wildman–Crippen LogP) is 1.85. The zero-order valence-electron chi connectivity index (χ0n) is 9.50. The molecule has 0 bridgehead atoms. The van der Waals surface area contributed by atoms with Gasteiger partial charge < -0.3 is 10.8 Å². The molecule has 1 rings (SSSR count). The topological polar surface area (TPSA) is 46.2 Å². The van der Waals surface area contributed by atoms with Crippen LogP contribution in [0.25, 0.3) is 0 Å². The summed E-state index contributed by atoms with van der Waals surface area (Å²) in [7, 11) is 0. The Kier molecular flexibility index (Phi) is 3.99. The van der Waals surface area contributed by atoms with Crippen molar-refractivity contribution in [3.8, 4) is 0 Å². The molecule has 0 aliphatic carbocycles. The third kappa shape index (κ3) is 2.77. The summed E-state index contributed by atoms with van der Waals surface area (Å²) in [6, 6.07) is 3.20. The van der Waals surface area contributed by atoms with E-state index in [0.29, 0.717) is 0 Å². The van der Waals surface area contributed by atoms with Gasteiger partial charge in [-0.2, -0.15) is 0 Å². The van der Waals surface area contributed by atoms with Crippen LogP contribution in [0.2, 0.25) is 0 Å². The molecule has 90 valence electrons. The first-order valence-electron chi connectivity index (χ1n) is 5.25. The Morgan fingerprint density at radius 2 is 2.00 bits per heavy atom. The summed E-state index contributed by atoms with van der Waals surface area (Å²) in [5.41, 5.74) is 4.43. The second-order valence-electron chi connectivity index (χ2n) is 4.37. The Morgan fingerprint density at radius 3 is 2.50 bits per heavy atom. The Balaban J connectivity index is 2.98. The van der Waals surface area contributed by atoms with Crippen molar-refractivity contribution in [2.75, 3.05) is 6.54 Å². The molecule has 1 unspecified atom stereocenters. The van der Waals surface area contributed by atoms with E-state index in [1.54, 1.807) is 13.8 Å². The van der Waals surface area contributed by atoms with Gasteiger partial charge >= 0.3 is 0 Å². The summed E-state index contributed by atoms with van der Waals surface area (Å²) >= 11 is 0. The second kappa shape index (κ2) is 4.89. The lowest BCUT2D eigenvalue weighted by molar-refractivity contribution is 0.00332. The first-order chi connectivity index (χ1) is 7.39. The highest BCUT2D eigenvalue weighted by atomic mass is 19.1. The number of hydrogen-bond donors (Lipinski definition) is 2. The molecule has 0 radical (unpaired) electrons. The van der Waals surface area contributed by atoms with E-state index in [2.05, 4.69) is 0 Å². The van der Waals surface area contributed by atoms with E-state index in [1.807, 2.05) is 0 Å². The number of halogens is 2. The first-order valence-corrected chi connectivity index (χ1v) is 5.25. The standard InChI is InChI=1S/C12H17F2NO/c1-8(2)12(16,7-15)6-9-5-10(13)3-4-11(9)14/h3-5,8,16H,6-7,15H2,1-2H3. The summed E-state index contributed by atoms with van der Waals surface area (Å²) in [5, 5.41) is 10.2. The van der Waals surface area contributed by atoms with Crippen molar-refractivity contribution in [2.24, 2.45) is 11.7 Å². The lowest BCUT2D eigenvalue weighted by Crippen LogP contribution is -2.45. The Bertz CT molecular complexity index is 368. The molecule has 3 N–H and O–H groups in total. The van der Waals surface area contributed by atoms with Gasteiger partial charge in [0.2, 0.25) is 0 Å². The third-order valence-corrected chi connectivity index (χ3v) is 2.93. The first kappa shape index (κ1) is 13.1. The Morgan fingerprint density at radius 1 is 1.38 bits per heavy atom. The molecule has 0 spiro atoms. The van der Waals surface area contributed by atoms with E-state index < -0.39 is 17.2 Å². The van der Waals surface area contributed by atoms with E-state index in [0.717, 1.165) is 18.2 Å². The van der Waals surface area contributed by atoms with Crippen LogP contribution < -0.4 is 5.73 Å². The molecule has 0 fully saturated rings. The molecule has 1 atom stereocenters. The van der Waals surface area contributed by atoms with Gasteiger partial charge in [-0.15, -0.1) is 0 Å². The van der Waals surface area contributed by atoms with Gasteiger partial charge in [0.15, 0.2) is 0 Å². The van der Waals surface area contributed by atoms with Gasteiger partial charge in [0.05, 0.1) is 5.60 Å². The summed E-state index contributed by atoms with van der Waals surface area (Å²) in [6.45, 7) is 3.61. The van der Waals surface area contributed by atoms with E-state index >= 15 is 0 Å². The van der Waals surface area contributed by atoms with E-state index in [1.165, 1.54) is 0 Å². The third-order valence-electron chi connectivity index (χ3n) is 2.93. The quantitative estimate of drug-likeness (QED) is 0.827. The zero-order chi connectivity index (χ0) is 12.3. The van der Waals surface area contributed by atoms with Gasteiger partial charge in [0.1, 0.15) is 11.6 Å². The van der Waals surface area contributed by atoms with Crippen molar-refractivity contribution >= 4 is 0 Å². The molecule has 0 aliphatic rings. The maximum absolute atomic E-state index is 13.4. The molecular formula is C12H17F2NO. The van der Waals surface area contributed by atoms with Crippen molar-refractivity contribution in [1.29, 1.82) is 0 Å². The number of aliphatic hydroxyl groups is 1. The fourth-order valence-corrected chi connectivity index (χ4v) is 1.52. The van der Waals surface area contributed by atoms with Crippen LogP contribution in [-0.2, 0) is 6.42 Å². The van der Waals surface area contributed by atoms with Crippen molar-refractivity contribution in [3.05, 3.63) is 35.4 Å². The SMILES string of the molecule is CC(C)C(O)(CN)Cc1cc(F)ccc1F. The minimum Gasteiger partial charge on any atom is -0.388 e. The molecule has 16 heavy (non-hydrogen) atoms. The monoisotopic (exact) mass is 229 g/mol. The molecule has 2 nitrogen and oxygen atoms in total. The van der Waals surface area contributed by atoms with E-state index in [9.17, 15) is 13.9 Å². The highest BCUT2D eigenvalue weighted by Gasteiger charge is 2.30. The van der Waals surface area contributed by atoms with Crippen LogP contribution in [0.15, 0.2) is 18.2 Å². The lowest BCUT2D eigenvalue weighted by Gasteiger charge is -2.31. The van der Waals surface area contributed by atoms with E-state index in [-0.39, 0.29) is 24.4 Å². The highest BCUT2D eigenvalue weighted by molar-refractivity contribution is 5.21. The molecule has 4 heteroatoms. The summed E-state index contributed by atoms with van der Waals surface area (Å²) < 4.78 is 26.3. The minimum absolute atomic E-state index is 0.0145. The summed E-state index contributed by atoms with van der Waals surface area (Å²) in [6.07, 6.45) is 0.0186. The largest absolute Gasteiger partial charge is 0.388 e. The number of rotatable bonds is 4. The van der Waals surface area contributed by atoms with Crippen LogP contribution in [0.1, 0.15) is 19.4 Å². The van der Waals surface area contributed by atoms with Gasteiger partial charge in [-0.1, -0.05) is 13.8 Å². The molecule has 0 aromatic heterocycles. The normalized spacial score (nSPS) is 15.2. The van der Waals surface area contributed by atoms with Crippen LogP contribution in [0.4, 0.5) is 8.78 Å². The molecular weight excluding hydrogens is 212 g/mol. The fraction of sp³-hybridized carbons (Fsp3) is 0.500. The van der Waals surface area contributed by atoms with Gasteiger partial charge in [0, 0.05) is 13.0 Å². The van der Waals surface area contributed by atoms with Crippen molar-refractivity contribution in [2.45, 2.75) is 25.9 Å². The van der Waals surface area contributed by atoms with Crippen LogP contribution >= 0.6 is 0 Å². The molecule has 0 heterocycles. The maximum Gasteiger partial charge on any atom is 0.126 e. The molecule has 0 saturated heterocycles. The predicted molar refractivity (Wildman–Crippen MR) is 58.9 cm³/mol. The summed E-state index contributed by atoms with van der Waals surface area (Å²) in [5.74, 6) is -1.16. The van der Waals surface area contributed by atoms with Crippen LogP contribution in [0, 0.1) is 17.6 Å². The Labute approximate surface area is 94.1 Å². The van der Waals surface area contributed by atoms with E-state index in [4.69, 9.17) is 5.73 Å². The smallest absolute Gasteiger partial charge is 0.126 e.